The lowest BCUT2D eigenvalue weighted by molar-refractivity contribution is -0.137. The summed E-state index contributed by atoms with van der Waals surface area (Å²) in [5.41, 5.74) is -1.10. The van der Waals surface area contributed by atoms with Gasteiger partial charge in [-0.05, 0) is 61.5 Å². The molecule has 0 spiro atoms. The van der Waals surface area contributed by atoms with Gasteiger partial charge in [-0.15, -0.1) is 0 Å². The first-order valence-corrected chi connectivity index (χ1v) is 14.6. The van der Waals surface area contributed by atoms with Gasteiger partial charge in [0, 0.05) is 16.9 Å². The molecule has 0 atom stereocenters. The first-order chi connectivity index (χ1) is 18.0. The van der Waals surface area contributed by atoms with Gasteiger partial charge in [-0.1, -0.05) is 23.7 Å². The molecule has 0 saturated carbocycles. The lowest BCUT2D eigenvalue weighted by Gasteiger charge is -2.22. The normalized spacial score (nSPS) is 12.1. The fourth-order valence-electron chi connectivity index (χ4n) is 3.35. The van der Waals surface area contributed by atoms with Crippen LogP contribution in [0.1, 0.15) is 22.8 Å². The van der Waals surface area contributed by atoms with E-state index in [-0.39, 0.29) is 33.3 Å². The fraction of sp³-hybridized carbons (Fsp3) is 0.167. The van der Waals surface area contributed by atoms with Crippen molar-refractivity contribution in [3.8, 4) is 0 Å². The molecule has 15 heteroatoms. The van der Waals surface area contributed by atoms with Crippen molar-refractivity contribution in [1.82, 2.24) is 0 Å². The molecule has 0 fully saturated rings. The van der Waals surface area contributed by atoms with Crippen LogP contribution in [0.3, 0.4) is 0 Å². The number of rotatable bonds is 9. The average molecular weight is 604 g/mol. The van der Waals surface area contributed by atoms with Crippen LogP contribution in [0.2, 0.25) is 5.02 Å². The smallest absolute Gasteiger partial charge is 0.325 e. The number of ketones is 1. The zero-order valence-corrected chi connectivity index (χ0v) is 22.7. The summed E-state index contributed by atoms with van der Waals surface area (Å²) in [7, 11) is -8.23. The van der Waals surface area contributed by atoms with Crippen LogP contribution in [-0.2, 0) is 31.0 Å². The molecule has 0 saturated heterocycles. The van der Waals surface area contributed by atoms with Crippen molar-refractivity contribution in [1.29, 1.82) is 0 Å². The van der Waals surface area contributed by atoms with E-state index >= 15 is 0 Å². The predicted octanol–water partition coefficient (Wildman–Crippen LogP) is 4.77. The number of halogens is 4. The predicted molar refractivity (Wildman–Crippen MR) is 141 cm³/mol. The van der Waals surface area contributed by atoms with Gasteiger partial charge in [0.15, 0.2) is 5.78 Å². The maximum Gasteiger partial charge on any atom is 0.417 e. The second-order valence-electron chi connectivity index (χ2n) is 8.25. The summed E-state index contributed by atoms with van der Waals surface area (Å²) in [6, 6.07) is 12.9. The van der Waals surface area contributed by atoms with E-state index in [1.807, 2.05) is 4.72 Å². The van der Waals surface area contributed by atoms with Crippen molar-refractivity contribution in [2.24, 2.45) is 0 Å². The van der Waals surface area contributed by atoms with E-state index in [0.29, 0.717) is 6.07 Å². The van der Waals surface area contributed by atoms with E-state index in [0.717, 1.165) is 34.8 Å². The van der Waals surface area contributed by atoms with E-state index < -0.39 is 49.3 Å². The molecular formula is C24H21ClF3N3O6S2. The van der Waals surface area contributed by atoms with Crippen LogP contribution < -0.4 is 14.3 Å². The minimum absolute atomic E-state index is 0.101. The summed E-state index contributed by atoms with van der Waals surface area (Å²) in [4.78, 5) is 23.9. The van der Waals surface area contributed by atoms with Crippen molar-refractivity contribution in [2.45, 2.75) is 18.0 Å². The Bertz CT molecular complexity index is 1630. The fourth-order valence-corrected chi connectivity index (χ4v) is 5.47. The summed E-state index contributed by atoms with van der Waals surface area (Å²) in [6.07, 6.45) is -3.90. The van der Waals surface area contributed by atoms with Crippen LogP contribution in [0.5, 0.6) is 0 Å². The van der Waals surface area contributed by atoms with Gasteiger partial charge in [0.2, 0.25) is 15.9 Å². The van der Waals surface area contributed by atoms with Crippen LogP contribution in [0.15, 0.2) is 71.6 Å². The Hall–Kier alpha value is -3.62. The highest BCUT2D eigenvalue weighted by atomic mass is 35.5. The third-order valence-corrected chi connectivity index (χ3v) is 8.07. The van der Waals surface area contributed by atoms with E-state index in [2.05, 4.69) is 5.32 Å². The molecule has 3 aromatic rings. The van der Waals surface area contributed by atoms with Crippen molar-refractivity contribution >= 4 is 60.4 Å². The highest BCUT2D eigenvalue weighted by Gasteiger charge is 2.33. The number of nitrogens with one attached hydrogen (secondary N) is 2. The minimum Gasteiger partial charge on any atom is -0.325 e. The molecule has 3 rings (SSSR count). The van der Waals surface area contributed by atoms with Gasteiger partial charge in [0.1, 0.15) is 6.54 Å². The topological polar surface area (TPSA) is 130 Å². The first-order valence-electron chi connectivity index (χ1n) is 10.9. The van der Waals surface area contributed by atoms with Crippen molar-refractivity contribution in [3.05, 3.63) is 82.9 Å². The summed E-state index contributed by atoms with van der Waals surface area (Å²) in [5, 5.41) is 1.85. The van der Waals surface area contributed by atoms with Crippen LogP contribution in [0.25, 0.3) is 0 Å². The minimum atomic E-state index is -4.79. The molecule has 2 N–H and O–H groups in total. The standard InChI is InChI=1S/C24H21ClF3N3O6S2/c1-15(32)16-4-3-5-19(12-16)31(38(2,34)35)14-23(33)29-17-6-9-20(10-7-17)39(36,37)30-18-8-11-22(25)21(13-18)24(26,27)28/h3-13,30H,14H2,1-2H3,(H,29,33). The second-order valence-corrected chi connectivity index (χ2v) is 12.2. The Morgan fingerprint density at radius 1 is 0.923 bits per heavy atom. The number of benzene rings is 3. The Morgan fingerprint density at radius 2 is 1.54 bits per heavy atom. The van der Waals surface area contributed by atoms with Crippen LogP contribution in [0, 0.1) is 0 Å². The van der Waals surface area contributed by atoms with Crippen molar-refractivity contribution in [3.63, 3.8) is 0 Å². The average Bonchev–Trinajstić information content (AvgIpc) is 2.82. The van der Waals surface area contributed by atoms with Crippen molar-refractivity contribution in [2.75, 3.05) is 27.1 Å². The number of carbonyl (C=O) groups excluding carboxylic acids is 2. The lowest BCUT2D eigenvalue weighted by atomic mass is 10.1. The molecule has 39 heavy (non-hydrogen) atoms. The molecule has 0 unspecified atom stereocenters. The Labute approximate surface area is 227 Å². The third kappa shape index (κ3) is 7.71. The Morgan fingerprint density at radius 3 is 2.10 bits per heavy atom. The van der Waals surface area contributed by atoms with Gasteiger partial charge in [0.25, 0.3) is 10.0 Å². The molecule has 0 aliphatic rings. The zero-order chi connectivity index (χ0) is 29.2. The summed E-state index contributed by atoms with van der Waals surface area (Å²) >= 11 is 5.56. The molecule has 0 radical (unpaired) electrons. The number of hydrogen-bond acceptors (Lipinski definition) is 6. The maximum atomic E-state index is 13.1. The first kappa shape index (κ1) is 29.9. The number of carbonyl (C=O) groups is 2. The van der Waals surface area contributed by atoms with Gasteiger partial charge in [-0.3, -0.25) is 18.6 Å². The van der Waals surface area contributed by atoms with Gasteiger partial charge >= 0.3 is 6.18 Å². The third-order valence-electron chi connectivity index (χ3n) is 5.20. The monoisotopic (exact) mass is 603 g/mol. The quantitative estimate of drug-likeness (QED) is 0.339. The van der Waals surface area contributed by atoms with Gasteiger partial charge in [0.05, 0.1) is 27.4 Å². The zero-order valence-electron chi connectivity index (χ0n) is 20.3. The van der Waals surface area contributed by atoms with E-state index in [1.165, 1.54) is 43.3 Å². The van der Waals surface area contributed by atoms with E-state index in [9.17, 15) is 39.6 Å². The number of sulfonamides is 2. The van der Waals surface area contributed by atoms with Gasteiger partial charge in [-0.2, -0.15) is 13.2 Å². The van der Waals surface area contributed by atoms with Crippen molar-refractivity contribution < 1.29 is 39.6 Å². The Balaban J connectivity index is 1.75. The Kier molecular flexibility index (Phi) is 8.63. The molecule has 1 amide bonds. The van der Waals surface area contributed by atoms with Crippen LogP contribution >= 0.6 is 11.6 Å². The molecule has 0 heterocycles. The largest absolute Gasteiger partial charge is 0.417 e. The lowest BCUT2D eigenvalue weighted by Crippen LogP contribution is -2.37. The number of Topliss-reactive ketones (excluding diaryl/α,β-unsaturated/α-hetero) is 1. The highest BCUT2D eigenvalue weighted by Crippen LogP contribution is 2.36. The van der Waals surface area contributed by atoms with Gasteiger partial charge < -0.3 is 5.32 Å². The molecular weight excluding hydrogens is 583 g/mol. The van der Waals surface area contributed by atoms with E-state index in [1.54, 1.807) is 0 Å². The number of hydrogen-bond donors (Lipinski definition) is 2. The summed E-state index contributed by atoms with van der Waals surface area (Å²) in [5.74, 6) is -1.06. The molecule has 0 aliphatic heterocycles. The van der Waals surface area contributed by atoms with Gasteiger partial charge in [-0.25, -0.2) is 16.8 Å². The summed E-state index contributed by atoms with van der Waals surface area (Å²) in [6.45, 7) is 0.672. The molecule has 0 bridgehead atoms. The molecule has 0 aliphatic carbocycles. The highest BCUT2D eigenvalue weighted by molar-refractivity contribution is 7.92. The molecule has 9 nitrogen and oxygen atoms in total. The SMILES string of the molecule is CC(=O)c1cccc(N(CC(=O)Nc2ccc(S(=O)(=O)Nc3ccc(Cl)c(C(F)(F)F)c3)cc2)S(C)(=O)=O)c1. The number of anilines is 3. The number of nitrogens with zero attached hydrogens (tertiary/aromatic N) is 1. The number of alkyl halides is 3. The van der Waals surface area contributed by atoms with E-state index in [4.69, 9.17) is 11.6 Å². The maximum absolute atomic E-state index is 13.1. The molecule has 208 valence electrons. The van der Waals surface area contributed by atoms with Crippen LogP contribution in [0.4, 0.5) is 30.2 Å². The molecule has 3 aromatic carbocycles. The number of amides is 1. The summed E-state index contributed by atoms with van der Waals surface area (Å²) < 4.78 is 92.0. The molecule has 0 aromatic heterocycles. The second kappa shape index (κ2) is 11.2. The van der Waals surface area contributed by atoms with Crippen LogP contribution in [-0.4, -0.2) is 41.3 Å².